The van der Waals surface area contributed by atoms with E-state index in [2.05, 4.69) is 21.1 Å². The van der Waals surface area contributed by atoms with Gasteiger partial charge in [0.2, 0.25) is 5.78 Å². The number of alkyl halides is 1. The van der Waals surface area contributed by atoms with Gasteiger partial charge in [-0.05, 0) is 78.7 Å². The summed E-state index contributed by atoms with van der Waals surface area (Å²) in [5, 5.41) is 16.1. The van der Waals surface area contributed by atoms with Crippen molar-refractivity contribution >= 4 is 50.7 Å². The van der Waals surface area contributed by atoms with Gasteiger partial charge in [0.15, 0.2) is 17.9 Å². The molecule has 4 aliphatic rings. The van der Waals surface area contributed by atoms with E-state index in [1.165, 1.54) is 4.88 Å². The number of ether oxygens (including phenoxy) is 2. The Morgan fingerprint density at radius 2 is 1.89 bits per heavy atom. The zero-order chi connectivity index (χ0) is 32.8. The fraction of sp³-hybridized carbons (Fsp3) is 0.647. The van der Waals surface area contributed by atoms with Gasteiger partial charge in [-0.2, -0.15) is 0 Å². The maximum Gasteiger partial charge on any atom is 0.306 e. The van der Waals surface area contributed by atoms with Gasteiger partial charge in [-0.15, -0.1) is 11.3 Å². The minimum Gasteiger partial charge on any atom is -0.457 e. The van der Waals surface area contributed by atoms with E-state index in [0.717, 1.165) is 15.8 Å². The normalized spacial score (nSPS) is 37.7. The van der Waals surface area contributed by atoms with Crippen LogP contribution in [0.4, 0.5) is 4.39 Å². The Balaban J connectivity index is 1.42. The van der Waals surface area contributed by atoms with E-state index >= 15 is 4.39 Å². The zero-order valence-corrected chi connectivity index (χ0v) is 29.0. The van der Waals surface area contributed by atoms with E-state index in [-0.39, 0.29) is 25.2 Å². The summed E-state index contributed by atoms with van der Waals surface area (Å²) in [6.45, 7) is 8.67. The third-order valence-electron chi connectivity index (χ3n) is 11.1. The molecule has 0 bridgehead atoms. The number of oxime groups is 1. The van der Waals surface area contributed by atoms with E-state index in [4.69, 9.17) is 14.3 Å². The highest BCUT2D eigenvalue weighted by atomic mass is 79.9. The predicted molar refractivity (Wildman–Crippen MR) is 172 cm³/mol. The third-order valence-corrected chi connectivity index (χ3v) is 12.7. The first-order valence-corrected chi connectivity index (χ1v) is 17.5. The summed E-state index contributed by atoms with van der Waals surface area (Å²) in [5.74, 6) is -3.05. The molecule has 1 N–H and O–H groups in total. The molecule has 1 aromatic heterocycles. The monoisotopic (exact) mass is 707 g/mol. The third kappa shape index (κ3) is 5.44. The van der Waals surface area contributed by atoms with Crippen molar-refractivity contribution in [3.05, 3.63) is 44.6 Å². The topological polar surface area (TPSA) is 111 Å². The molecule has 1 unspecified atom stereocenters. The molecule has 1 heterocycles. The number of halogens is 2. The van der Waals surface area contributed by atoms with Crippen LogP contribution >= 0.6 is 27.3 Å². The fourth-order valence-corrected chi connectivity index (χ4v) is 10.3. The Morgan fingerprint density at radius 1 is 1.16 bits per heavy atom. The van der Waals surface area contributed by atoms with E-state index in [1.807, 2.05) is 39.0 Å². The summed E-state index contributed by atoms with van der Waals surface area (Å²) >= 11 is 5.11. The van der Waals surface area contributed by atoms with Crippen molar-refractivity contribution in [3.63, 3.8) is 0 Å². The second-order valence-electron chi connectivity index (χ2n) is 13.3. The van der Waals surface area contributed by atoms with E-state index in [0.29, 0.717) is 31.6 Å². The lowest BCUT2D eigenvalue weighted by Gasteiger charge is -2.62. The molecule has 4 aliphatic carbocycles. The smallest absolute Gasteiger partial charge is 0.306 e. The van der Waals surface area contributed by atoms with Gasteiger partial charge < -0.3 is 19.4 Å². The first kappa shape index (κ1) is 34.0. The predicted octanol–water partition coefficient (Wildman–Crippen LogP) is 6.69. The number of allylic oxidation sites excluding steroid dienone is 4. The Morgan fingerprint density at radius 3 is 2.56 bits per heavy atom. The number of hydrogen-bond acceptors (Lipinski definition) is 9. The first-order chi connectivity index (χ1) is 21.3. The Kier molecular flexibility index (Phi) is 9.57. The molecule has 45 heavy (non-hydrogen) atoms. The number of hydrogen-bond donors (Lipinski definition) is 1. The minimum atomic E-state index is -2.03. The van der Waals surface area contributed by atoms with Crippen molar-refractivity contribution in [1.82, 2.24) is 0 Å². The number of thiophene rings is 1. The lowest BCUT2D eigenvalue weighted by Crippen LogP contribution is -2.70. The van der Waals surface area contributed by atoms with Crippen LogP contribution in [-0.2, 0) is 35.1 Å². The van der Waals surface area contributed by atoms with Crippen LogP contribution < -0.4 is 0 Å². The quantitative estimate of drug-likeness (QED) is 0.164. The highest BCUT2D eigenvalue weighted by Crippen LogP contribution is 2.71. The van der Waals surface area contributed by atoms with Crippen molar-refractivity contribution in [2.45, 2.75) is 96.9 Å². The number of carbonyl (C=O) groups excluding carboxylic acids is 3. The highest BCUT2D eigenvalue weighted by molar-refractivity contribution is 9.11. The van der Waals surface area contributed by atoms with Gasteiger partial charge in [-0.3, -0.25) is 14.4 Å². The van der Waals surface area contributed by atoms with Gasteiger partial charge in [-0.25, -0.2) is 4.39 Å². The molecule has 8 atom stereocenters. The summed E-state index contributed by atoms with van der Waals surface area (Å²) in [4.78, 5) is 45.6. The molecular formula is C34H43BrFNO7S. The lowest BCUT2D eigenvalue weighted by atomic mass is 9.44. The zero-order valence-electron chi connectivity index (χ0n) is 26.6. The van der Waals surface area contributed by atoms with Crippen LogP contribution in [0.3, 0.4) is 0 Å². The van der Waals surface area contributed by atoms with Crippen LogP contribution in [0.2, 0.25) is 0 Å². The van der Waals surface area contributed by atoms with Crippen LogP contribution in [0, 0.1) is 28.6 Å². The second-order valence-corrected chi connectivity index (χ2v) is 15.9. The number of Topliss-reactive ketones (excluding diaryl/α,β-unsaturated/α-hetero) is 1. The molecule has 8 nitrogen and oxygen atoms in total. The van der Waals surface area contributed by atoms with Crippen LogP contribution in [0.15, 0.2) is 44.9 Å². The molecular weight excluding hydrogens is 665 g/mol. The lowest BCUT2D eigenvalue weighted by molar-refractivity contribution is -0.228. The number of esters is 2. The summed E-state index contributed by atoms with van der Waals surface area (Å²) in [6, 6.07) is 4.04. The van der Waals surface area contributed by atoms with Gasteiger partial charge >= 0.3 is 11.9 Å². The molecule has 3 fully saturated rings. The molecule has 0 aromatic carbocycles. The number of aliphatic hydroxyl groups is 1. The molecule has 11 heteroatoms. The molecule has 0 aliphatic heterocycles. The number of fused-ring (bicyclic) bond motifs is 5. The minimum absolute atomic E-state index is 0.0483. The number of carbonyl (C=O) groups is 3. The largest absolute Gasteiger partial charge is 0.457 e. The van der Waals surface area contributed by atoms with Crippen molar-refractivity contribution in [2.75, 3.05) is 13.2 Å². The van der Waals surface area contributed by atoms with Gasteiger partial charge in [0, 0.05) is 46.8 Å². The van der Waals surface area contributed by atoms with E-state index in [1.54, 1.807) is 37.3 Å². The fourth-order valence-electron chi connectivity index (χ4n) is 8.83. The molecule has 0 radical (unpaired) electrons. The summed E-state index contributed by atoms with van der Waals surface area (Å²) in [5.41, 5.74) is -4.42. The molecule has 0 amide bonds. The van der Waals surface area contributed by atoms with Gasteiger partial charge in [0.25, 0.3) is 0 Å². The number of rotatable bonds is 10. The van der Waals surface area contributed by atoms with E-state index < -0.39 is 64.4 Å². The molecule has 1 aromatic rings. The molecule has 3 saturated carbocycles. The molecule has 5 rings (SSSR count). The van der Waals surface area contributed by atoms with Crippen molar-refractivity contribution in [2.24, 2.45) is 33.7 Å². The van der Waals surface area contributed by atoms with Crippen LogP contribution in [0.1, 0.15) is 78.0 Å². The molecule has 0 saturated heterocycles. The molecule has 0 spiro atoms. The Hall–Kier alpha value is -2.37. The van der Waals surface area contributed by atoms with Gasteiger partial charge in [-0.1, -0.05) is 44.5 Å². The maximum atomic E-state index is 17.9. The van der Waals surface area contributed by atoms with Crippen LogP contribution in [0.5, 0.6) is 0 Å². The number of ketones is 1. The molecule has 246 valence electrons. The highest BCUT2D eigenvalue weighted by Gasteiger charge is 2.77. The van der Waals surface area contributed by atoms with Crippen molar-refractivity contribution in [1.29, 1.82) is 0 Å². The average Bonchev–Trinajstić information content (AvgIpc) is 3.52. The first-order valence-electron chi connectivity index (χ1n) is 15.9. The van der Waals surface area contributed by atoms with Crippen molar-refractivity contribution < 1.29 is 38.2 Å². The summed E-state index contributed by atoms with van der Waals surface area (Å²) < 4.78 is 30.3. The number of nitrogens with zero attached hydrogens (tertiary/aromatic N) is 1. The standard InChI is InChI=1S/C34H43BrFNO7S/c1-6-29(40)42-19-27(39)34(44-30(41)7-2)20(3)16-25-24-10-8-21-17-22(37-43-15-13-23-9-11-28(35)45-23)12-14-31(21,4)33(24,36)26(38)18-32(25,34)5/h9,11-12,14,17,20,24-26,38H,6-8,10,13,15-16,18-19H2,1-5H3/b37-22+/t20-,24-,25-,26-,31-,32-,33-,34?/m0/s1. The summed E-state index contributed by atoms with van der Waals surface area (Å²) in [7, 11) is 0. The van der Waals surface area contributed by atoms with Gasteiger partial charge in [0.05, 0.1) is 9.89 Å². The Labute approximate surface area is 276 Å². The van der Waals surface area contributed by atoms with Crippen LogP contribution in [0.25, 0.3) is 0 Å². The summed E-state index contributed by atoms with van der Waals surface area (Å²) in [6.07, 6.45) is 6.24. The van der Waals surface area contributed by atoms with Crippen molar-refractivity contribution in [3.8, 4) is 0 Å². The average molecular weight is 709 g/mol. The van der Waals surface area contributed by atoms with E-state index in [9.17, 15) is 19.5 Å². The Bertz CT molecular complexity index is 1440. The maximum absolute atomic E-state index is 17.9. The SMILES string of the molecule is CCC(=O)OCC(=O)C1(OC(=O)CC)[C@@H](C)C[C@H]2[C@@H]3CCC4=C/C(=N/OCCc5ccc(Br)s5)C=C[C@]4(C)[C@@]3(F)[C@@H](O)C[C@@]21C. The number of aliphatic hydroxyl groups excluding tert-OH is 1. The van der Waals surface area contributed by atoms with Crippen LogP contribution in [-0.4, -0.2) is 59.1 Å². The van der Waals surface area contributed by atoms with Gasteiger partial charge in [0.1, 0.15) is 12.3 Å². The second kappa shape index (κ2) is 12.7.